The van der Waals surface area contributed by atoms with E-state index in [-0.39, 0.29) is 0 Å². The summed E-state index contributed by atoms with van der Waals surface area (Å²) in [5.74, 6) is 0. The minimum atomic E-state index is 0.543. The summed E-state index contributed by atoms with van der Waals surface area (Å²) in [6.07, 6.45) is 8.46. The average molecular weight is 254 g/mol. The Balaban J connectivity index is 1.87. The van der Waals surface area contributed by atoms with Gasteiger partial charge < -0.3 is 9.88 Å². The quantitative estimate of drug-likeness (QED) is 0.888. The summed E-state index contributed by atoms with van der Waals surface area (Å²) in [6.45, 7) is 3.17. The van der Waals surface area contributed by atoms with Crippen molar-refractivity contribution in [3.05, 3.63) is 58.9 Å². The molecule has 1 aromatic heterocycles. The molecule has 1 atom stereocenters. The zero-order valence-corrected chi connectivity index (χ0v) is 11.8. The monoisotopic (exact) mass is 254 g/mol. The number of rotatable bonds is 3. The molecular weight excluding hydrogens is 232 g/mol. The normalized spacial score (nSPS) is 18.3. The van der Waals surface area contributed by atoms with Crippen LogP contribution in [0.3, 0.4) is 0 Å². The molecule has 0 radical (unpaired) electrons. The number of fused-ring (bicyclic) bond motifs is 1. The first kappa shape index (κ1) is 12.5. The molecule has 1 heterocycles. The Hall–Kier alpha value is -1.54. The van der Waals surface area contributed by atoms with E-state index >= 15 is 0 Å². The van der Waals surface area contributed by atoms with Gasteiger partial charge in [-0.15, -0.1) is 0 Å². The number of aryl methyl sites for hydroxylation is 2. The van der Waals surface area contributed by atoms with Crippen LogP contribution in [0.25, 0.3) is 0 Å². The largest absolute Gasteiger partial charge is 0.349 e. The van der Waals surface area contributed by atoms with Crippen LogP contribution in [0.15, 0.2) is 36.7 Å². The van der Waals surface area contributed by atoms with Crippen molar-refractivity contribution in [3.8, 4) is 0 Å². The third-order valence-corrected chi connectivity index (χ3v) is 4.27. The molecule has 2 aromatic rings. The molecule has 0 fully saturated rings. The van der Waals surface area contributed by atoms with Crippen molar-refractivity contribution in [2.75, 3.05) is 7.05 Å². The molecule has 19 heavy (non-hydrogen) atoms. The number of benzene rings is 1. The standard InChI is InChI=1S/C17H22N2/c1-13-6-3-4-7-14(13)10-19-11-15-8-5-9-17(18-2)16(15)12-19/h3-4,6-7,11-12,17-18H,5,8-10H2,1-2H3. The molecule has 0 spiro atoms. The lowest BCUT2D eigenvalue weighted by Gasteiger charge is -2.21. The minimum absolute atomic E-state index is 0.543. The second-order valence-corrected chi connectivity index (χ2v) is 5.57. The maximum absolute atomic E-state index is 3.44. The van der Waals surface area contributed by atoms with E-state index < -0.39 is 0 Å². The summed E-state index contributed by atoms with van der Waals surface area (Å²) < 4.78 is 2.35. The minimum Gasteiger partial charge on any atom is -0.349 e. The molecule has 0 saturated heterocycles. The van der Waals surface area contributed by atoms with Crippen LogP contribution < -0.4 is 5.32 Å². The van der Waals surface area contributed by atoms with Crippen molar-refractivity contribution in [1.82, 2.24) is 9.88 Å². The molecule has 1 N–H and O–H groups in total. The van der Waals surface area contributed by atoms with Crippen molar-refractivity contribution in [3.63, 3.8) is 0 Å². The number of hydrogen-bond acceptors (Lipinski definition) is 1. The smallest absolute Gasteiger partial charge is 0.0473 e. The van der Waals surface area contributed by atoms with E-state index in [1.54, 1.807) is 0 Å². The molecule has 0 amide bonds. The lowest BCUT2D eigenvalue weighted by atomic mass is 9.91. The van der Waals surface area contributed by atoms with Gasteiger partial charge in [0, 0.05) is 25.0 Å². The fourth-order valence-electron chi connectivity index (χ4n) is 3.12. The SMILES string of the molecule is CNC1CCCc2cn(Cc3ccccc3C)cc21. The molecule has 1 aliphatic carbocycles. The molecule has 0 bridgehead atoms. The summed E-state index contributed by atoms with van der Waals surface area (Å²) in [5, 5.41) is 3.44. The van der Waals surface area contributed by atoms with Crippen LogP contribution in [0.1, 0.15) is 41.1 Å². The molecule has 2 heteroatoms. The first-order valence-corrected chi connectivity index (χ1v) is 7.18. The van der Waals surface area contributed by atoms with E-state index in [1.165, 1.54) is 41.5 Å². The second kappa shape index (κ2) is 5.22. The average Bonchev–Trinajstić information content (AvgIpc) is 2.83. The van der Waals surface area contributed by atoms with Gasteiger partial charge in [-0.1, -0.05) is 24.3 Å². The van der Waals surface area contributed by atoms with Gasteiger partial charge in [-0.3, -0.25) is 0 Å². The maximum Gasteiger partial charge on any atom is 0.0473 e. The van der Waals surface area contributed by atoms with Crippen LogP contribution in [0.5, 0.6) is 0 Å². The highest BCUT2D eigenvalue weighted by Crippen LogP contribution is 2.30. The molecule has 1 aromatic carbocycles. The van der Waals surface area contributed by atoms with Crippen molar-refractivity contribution >= 4 is 0 Å². The van der Waals surface area contributed by atoms with E-state index in [1.807, 2.05) is 0 Å². The van der Waals surface area contributed by atoms with E-state index in [0.717, 1.165) is 6.54 Å². The fraction of sp³-hybridized carbons (Fsp3) is 0.412. The predicted octanol–water partition coefficient (Wildman–Crippen LogP) is 3.44. The Labute approximate surface area is 115 Å². The second-order valence-electron chi connectivity index (χ2n) is 5.57. The lowest BCUT2D eigenvalue weighted by molar-refractivity contribution is 0.498. The summed E-state index contributed by atoms with van der Waals surface area (Å²) in [5.41, 5.74) is 5.82. The van der Waals surface area contributed by atoms with Gasteiger partial charge in [0.05, 0.1) is 0 Å². The van der Waals surface area contributed by atoms with Crippen molar-refractivity contribution in [2.45, 2.75) is 38.8 Å². The van der Waals surface area contributed by atoms with Gasteiger partial charge >= 0.3 is 0 Å². The highest BCUT2D eigenvalue weighted by atomic mass is 15.0. The molecule has 0 aliphatic heterocycles. The Kier molecular flexibility index (Phi) is 3.43. The Morgan fingerprint density at radius 3 is 2.89 bits per heavy atom. The number of hydrogen-bond donors (Lipinski definition) is 1. The third-order valence-electron chi connectivity index (χ3n) is 4.27. The Bertz CT molecular complexity index is 568. The van der Waals surface area contributed by atoms with E-state index in [4.69, 9.17) is 0 Å². The first-order chi connectivity index (χ1) is 9.28. The number of aromatic nitrogens is 1. The van der Waals surface area contributed by atoms with E-state index in [0.29, 0.717) is 6.04 Å². The Morgan fingerprint density at radius 1 is 1.26 bits per heavy atom. The van der Waals surface area contributed by atoms with Gasteiger partial charge in [-0.05, 0) is 55.5 Å². The summed E-state index contributed by atoms with van der Waals surface area (Å²) >= 11 is 0. The topological polar surface area (TPSA) is 17.0 Å². The van der Waals surface area contributed by atoms with Crippen LogP contribution >= 0.6 is 0 Å². The van der Waals surface area contributed by atoms with Gasteiger partial charge in [0.25, 0.3) is 0 Å². The molecule has 100 valence electrons. The zero-order valence-electron chi connectivity index (χ0n) is 11.8. The molecule has 2 nitrogen and oxygen atoms in total. The molecule has 1 unspecified atom stereocenters. The Morgan fingerprint density at radius 2 is 2.11 bits per heavy atom. The van der Waals surface area contributed by atoms with Gasteiger partial charge in [-0.25, -0.2) is 0 Å². The van der Waals surface area contributed by atoms with Crippen LogP contribution in [0, 0.1) is 6.92 Å². The van der Waals surface area contributed by atoms with Crippen molar-refractivity contribution < 1.29 is 0 Å². The summed E-state index contributed by atoms with van der Waals surface area (Å²) in [4.78, 5) is 0. The van der Waals surface area contributed by atoms with Crippen LogP contribution in [0.4, 0.5) is 0 Å². The molecular formula is C17H22N2. The van der Waals surface area contributed by atoms with Gasteiger partial charge in [0.2, 0.25) is 0 Å². The highest BCUT2D eigenvalue weighted by molar-refractivity contribution is 5.32. The first-order valence-electron chi connectivity index (χ1n) is 7.18. The lowest BCUT2D eigenvalue weighted by Crippen LogP contribution is -2.20. The number of nitrogens with zero attached hydrogens (tertiary/aromatic N) is 1. The van der Waals surface area contributed by atoms with Crippen molar-refractivity contribution in [1.29, 1.82) is 0 Å². The fourth-order valence-corrected chi connectivity index (χ4v) is 3.12. The molecule has 0 saturated carbocycles. The number of nitrogens with one attached hydrogen (secondary N) is 1. The van der Waals surface area contributed by atoms with Gasteiger partial charge in [0.1, 0.15) is 0 Å². The molecule has 3 rings (SSSR count). The third kappa shape index (κ3) is 2.45. The van der Waals surface area contributed by atoms with E-state index in [9.17, 15) is 0 Å². The molecule has 1 aliphatic rings. The van der Waals surface area contributed by atoms with Crippen LogP contribution in [-0.2, 0) is 13.0 Å². The van der Waals surface area contributed by atoms with Crippen LogP contribution in [-0.4, -0.2) is 11.6 Å². The zero-order chi connectivity index (χ0) is 13.2. The summed E-state index contributed by atoms with van der Waals surface area (Å²) in [7, 11) is 2.07. The van der Waals surface area contributed by atoms with Gasteiger partial charge in [-0.2, -0.15) is 0 Å². The maximum atomic E-state index is 3.44. The van der Waals surface area contributed by atoms with E-state index in [2.05, 4.69) is 60.5 Å². The highest BCUT2D eigenvalue weighted by Gasteiger charge is 2.20. The predicted molar refractivity (Wildman–Crippen MR) is 79.5 cm³/mol. The van der Waals surface area contributed by atoms with Crippen LogP contribution in [0.2, 0.25) is 0 Å². The van der Waals surface area contributed by atoms with Crippen molar-refractivity contribution in [2.24, 2.45) is 0 Å². The van der Waals surface area contributed by atoms with Gasteiger partial charge in [0.15, 0.2) is 0 Å². The summed E-state index contributed by atoms with van der Waals surface area (Å²) in [6, 6.07) is 9.19.